The van der Waals surface area contributed by atoms with Gasteiger partial charge < -0.3 is 4.90 Å². The Kier molecular flexibility index (Phi) is 2.85. The van der Waals surface area contributed by atoms with Crippen molar-refractivity contribution >= 4 is 0 Å². The predicted octanol–water partition coefficient (Wildman–Crippen LogP) is 2.16. The molecule has 2 atom stereocenters. The van der Waals surface area contributed by atoms with Crippen LogP contribution >= 0.6 is 0 Å². The van der Waals surface area contributed by atoms with E-state index in [-0.39, 0.29) is 0 Å². The minimum absolute atomic E-state index is 0.680. The van der Waals surface area contributed by atoms with Crippen molar-refractivity contribution in [1.29, 1.82) is 5.26 Å². The average Bonchev–Trinajstić information content (AvgIpc) is 2.19. The van der Waals surface area contributed by atoms with Gasteiger partial charge in [-0.15, -0.1) is 0 Å². The third-order valence-electron chi connectivity index (χ3n) is 3.58. The Balaban J connectivity index is 1.99. The van der Waals surface area contributed by atoms with Crippen molar-refractivity contribution in [2.75, 3.05) is 13.1 Å². The molecule has 2 saturated heterocycles. The zero-order chi connectivity index (χ0) is 9.10. The van der Waals surface area contributed by atoms with Crippen molar-refractivity contribution in [3.63, 3.8) is 0 Å². The van der Waals surface area contributed by atoms with Crippen LogP contribution in [0.3, 0.4) is 0 Å². The summed E-state index contributed by atoms with van der Waals surface area (Å²) in [5.41, 5.74) is 0. The Bertz CT molecular complexity index is 205. The number of piperidine rings is 2. The molecule has 2 nitrogen and oxygen atoms in total. The fourth-order valence-corrected chi connectivity index (χ4v) is 2.93. The van der Waals surface area contributed by atoms with Gasteiger partial charge in [-0.05, 0) is 44.7 Å². The molecule has 2 aliphatic rings. The van der Waals surface area contributed by atoms with Crippen LogP contribution in [-0.2, 0) is 0 Å². The zero-order valence-corrected chi connectivity index (χ0v) is 8.21. The third-order valence-corrected chi connectivity index (χ3v) is 3.58. The van der Waals surface area contributed by atoms with Crippen LogP contribution in [0.25, 0.3) is 0 Å². The molecule has 0 bridgehead atoms. The standard InChI is InChI=1S/C11H18N2/c12-7-6-10-4-3-9-13-8-2-1-5-11(10)13/h10-11H,1-6,8-9H2/t10-,11+/m1/s1. The Morgan fingerprint density at radius 1 is 1.15 bits per heavy atom. The van der Waals surface area contributed by atoms with Gasteiger partial charge in [0.25, 0.3) is 0 Å². The van der Waals surface area contributed by atoms with Gasteiger partial charge in [-0.1, -0.05) is 6.42 Å². The number of nitrogens with zero attached hydrogens (tertiary/aromatic N) is 2. The molecule has 13 heavy (non-hydrogen) atoms. The molecule has 0 saturated carbocycles. The summed E-state index contributed by atoms with van der Waals surface area (Å²) in [4.78, 5) is 2.62. The van der Waals surface area contributed by atoms with Crippen molar-refractivity contribution in [1.82, 2.24) is 4.90 Å². The summed E-state index contributed by atoms with van der Waals surface area (Å²) in [6.07, 6.45) is 7.46. The summed E-state index contributed by atoms with van der Waals surface area (Å²) in [7, 11) is 0. The first-order valence-corrected chi connectivity index (χ1v) is 5.53. The van der Waals surface area contributed by atoms with Crippen LogP contribution in [0.4, 0.5) is 0 Å². The molecule has 0 aromatic carbocycles. The minimum atomic E-state index is 0.680. The first-order valence-electron chi connectivity index (χ1n) is 5.53. The smallest absolute Gasteiger partial charge is 0.0625 e. The Morgan fingerprint density at radius 2 is 2.00 bits per heavy atom. The second-order valence-corrected chi connectivity index (χ2v) is 4.36. The molecule has 0 aliphatic carbocycles. The van der Waals surface area contributed by atoms with Crippen molar-refractivity contribution in [2.24, 2.45) is 5.92 Å². The van der Waals surface area contributed by atoms with Gasteiger partial charge in [0.15, 0.2) is 0 Å². The topological polar surface area (TPSA) is 27.0 Å². The van der Waals surface area contributed by atoms with E-state index in [2.05, 4.69) is 11.0 Å². The molecule has 2 rings (SSSR count). The summed E-state index contributed by atoms with van der Waals surface area (Å²) < 4.78 is 0. The van der Waals surface area contributed by atoms with Gasteiger partial charge >= 0.3 is 0 Å². The number of hydrogen-bond acceptors (Lipinski definition) is 2. The molecule has 0 aromatic heterocycles. The van der Waals surface area contributed by atoms with Crippen molar-refractivity contribution < 1.29 is 0 Å². The van der Waals surface area contributed by atoms with E-state index in [0.29, 0.717) is 5.92 Å². The summed E-state index contributed by atoms with van der Waals surface area (Å²) in [5.74, 6) is 0.680. The summed E-state index contributed by atoms with van der Waals surface area (Å²) in [6.45, 7) is 2.57. The molecule has 2 heterocycles. The lowest BCUT2D eigenvalue weighted by Gasteiger charge is -2.43. The van der Waals surface area contributed by atoms with E-state index < -0.39 is 0 Å². The molecule has 0 aromatic rings. The van der Waals surface area contributed by atoms with E-state index in [4.69, 9.17) is 5.26 Å². The lowest BCUT2D eigenvalue weighted by Crippen LogP contribution is -2.47. The molecule has 0 N–H and O–H groups in total. The molecule has 2 aliphatic heterocycles. The molecule has 0 spiro atoms. The van der Waals surface area contributed by atoms with Crippen molar-refractivity contribution in [3.8, 4) is 6.07 Å². The van der Waals surface area contributed by atoms with E-state index >= 15 is 0 Å². The Hall–Kier alpha value is -0.550. The second-order valence-electron chi connectivity index (χ2n) is 4.36. The first-order chi connectivity index (χ1) is 6.42. The quantitative estimate of drug-likeness (QED) is 0.615. The largest absolute Gasteiger partial charge is 0.300 e. The maximum absolute atomic E-state index is 8.74. The molecule has 72 valence electrons. The van der Waals surface area contributed by atoms with Crippen LogP contribution < -0.4 is 0 Å². The highest BCUT2D eigenvalue weighted by Gasteiger charge is 2.32. The highest BCUT2D eigenvalue weighted by atomic mass is 15.2. The van der Waals surface area contributed by atoms with E-state index in [1.807, 2.05) is 0 Å². The lowest BCUT2D eigenvalue weighted by molar-refractivity contribution is 0.0615. The van der Waals surface area contributed by atoms with Crippen LogP contribution in [0.1, 0.15) is 38.5 Å². The van der Waals surface area contributed by atoms with Crippen molar-refractivity contribution in [2.45, 2.75) is 44.6 Å². The molecule has 0 unspecified atom stereocenters. The number of nitriles is 1. The highest BCUT2D eigenvalue weighted by molar-refractivity contribution is 4.91. The van der Waals surface area contributed by atoms with Gasteiger partial charge in [0, 0.05) is 12.5 Å². The van der Waals surface area contributed by atoms with E-state index in [1.165, 1.54) is 45.2 Å². The monoisotopic (exact) mass is 178 g/mol. The van der Waals surface area contributed by atoms with Crippen LogP contribution in [0.15, 0.2) is 0 Å². The molecule has 0 amide bonds. The Morgan fingerprint density at radius 3 is 2.85 bits per heavy atom. The van der Waals surface area contributed by atoms with Gasteiger partial charge in [0.1, 0.15) is 0 Å². The number of rotatable bonds is 1. The summed E-state index contributed by atoms with van der Waals surface area (Å²) >= 11 is 0. The van der Waals surface area contributed by atoms with Crippen LogP contribution in [0.2, 0.25) is 0 Å². The van der Waals surface area contributed by atoms with E-state index in [0.717, 1.165) is 12.5 Å². The van der Waals surface area contributed by atoms with Crippen LogP contribution in [0.5, 0.6) is 0 Å². The fraction of sp³-hybridized carbons (Fsp3) is 0.909. The molecular formula is C11H18N2. The summed E-state index contributed by atoms with van der Waals surface area (Å²) in [6, 6.07) is 3.10. The normalized spacial score (nSPS) is 35.0. The SMILES string of the molecule is N#CC[C@H]1CCCN2CCCC[C@@H]12. The number of fused-ring (bicyclic) bond motifs is 1. The first kappa shape index (κ1) is 9.02. The summed E-state index contributed by atoms with van der Waals surface area (Å²) in [5, 5.41) is 8.74. The van der Waals surface area contributed by atoms with E-state index in [9.17, 15) is 0 Å². The third kappa shape index (κ3) is 1.86. The second kappa shape index (κ2) is 4.11. The van der Waals surface area contributed by atoms with Crippen molar-refractivity contribution in [3.05, 3.63) is 0 Å². The molecule has 0 radical (unpaired) electrons. The fourth-order valence-electron chi connectivity index (χ4n) is 2.93. The van der Waals surface area contributed by atoms with Gasteiger partial charge in [0.2, 0.25) is 0 Å². The minimum Gasteiger partial charge on any atom is -0.300 e. The Labute approximate surface area is 80.5 Å². The van der Waals surface area contributed by atoms with Gasteiger partial charge in [0.05, 0.1) is 6.07 Å². The lowest BCUT2D eigenvalue weighted by atomic mass is 9.82. The van der Waals surface area contributed by atoms with Gasteiger partial charge in [-0.2, -0.15) is 5.26 Å². The molecule has 2 fully saturated rings. The average molecular weight is 178 g/mol. The van der Waals surface area contributed by atoms with Crippen LogP contribution in [0, 0.1) is 17.2 Å². The zero-order valence-electron chi connectivity index (χ0n) is 8.21. The van der Waals surface area contributed by atoms with Crippen LogP contribution in [-0.4, -0.2) is 24.0 Å². The number of hydrogen-bond donors (Lipinski definition) is 0. The molecule has 2 heteroatoms. The maximum atomic E-state index is 8.74. The van der Waals surface area contributed by atoms with E-state index in [1.54, 1.807) is 0 Å². The highest BCUT2D eigenvalue weighted by Crippen LogP contribution is 2.32. The maximum Gasteiger partial charge on any atom is 0.0625 e. The predicted molar refractivity (Wildman–Crippen MR) is 52.2 cm³/mol. The molecular weight excluding hydrogens is 160 g/mol. The van der Waals surface area contributed by atoms with Gasteiger partial charge in [-0.25, -0.2) is 0 Å². The van der Waals surface area contributed by atoms with Gasteiger partial charge in [-0.3, -0.25) is 0 Å².